The van der Waals surface area contributed by atoms with Gasteiger partial charge in [0.2, 0.25) is 0 Å². The summed E-state index contributed by atoms with van der Waals surface area (Å²) in [7, 11) is 0. The number of rotatable bonds is 3. The molecule has 0 spiro atoms. The molecule has 0 radical (unpaired) electrons. The van der Waals surface area contributed by atoms with Crippen molar-refractivity contribution < 1.29 is 9.18 Å². The Morgan fingerprint density at radius 2 is 1.90 bits per heavy atom. The van der Waals surface area contributed by atoms with Crippen LogP contribution >= 0.6 is 11.6 Å². The Balaban J connectivity index is 2.43. The smallest absolute Gasteiger partial charge is 0.187 e. The van der Waals surface area contributed by atoms with E-state index in [1.165, 1.54) is 12.1 Å². The van der Waals surface area contributed by atoms with Crippen molar-refractivity contribution in [3.63, 3.8) is 0 Å². The fraction of sp³-hybridized carbons (Fsp3) is 0.176. The zero-order valence-electron chi connectivity index (χ0n) is 11.7. The van der Waals surface area contributed by atoms with Crippen LogP contribution in [-0.4, -0.2) is 5.78 Å². The molecule has 0 aliphatic rings. The van der Waals surface area contributed by atoms with Crippen LogP contribution in [0.15, 0.2) is 36.4 Å². The molecule has 4 heteroatoms. The van der Waals surface area contributed by atoms with Crippen LogP contribution in [0.1, 0.15) is 33.0 Å². The van der Waals surface area contributed by atoms with Crippen molar-refractivity contribution >= 4 is 17.4 Å². The molecule has 2 nitrogen and oxygen atoms in total. The summed E-state index contributed by atoms with van der Waals surface area (Å²) in [6.07, 6.45) is 0. The molecule has 106 valence electrons. The van der Waals surface area contributed by atoms with Gasteiger partial charge in [0.15, 0.2) is 5.78 Å². The summed E-state index contributed by atoms with van der Waals surface area (Å²) in [6.45, 7) is 3.85. The summed E-state index contributed by atoms with van der Waals surface area (Å²) in [5, 5.41) is 9.51. The first-order valence-electron chi connectivity index (χ1n) is 6.40. The topological polar surface area (TPSA) is 40.9 Å². The molecule has 0 aliphatic heterocycles. The molecular weight excluding hydrogens is 289 g/mol. The van der Waals surface area contributed by atoms with Gasteiger partial charge in [-0.25, -0.2) is 4.39 Å². The van der Waals surface area contributed by atoms with Gasteiger partial charge in [0.1, 0.15) is 11.7 Å². The molecule has 1 unspecified atom stereocenters. The van der Waals surface area contributed by atoms with Crippen LogP contribution in [0.4, 0.5) is 4.39 Å². The minimum absolute atomic E-state index is 0.121. The van der Waals surface area contributed by atoms with Gasteiger partial charge in [-0.3, -0.25) is 4.79 Å². The molecular formula is C17H13ClFNO. The first-order chi connectivity index (χ1) is 9.93. The van der Waals surface area contributed by atoms with Crippen molar-refractivity contribution in [2.24, 2.45) is 0 Å². The van der Waals surface area contributed by atoms with Crippen molar-refractivity contribution in [1.29, 1.82) is 5.26 Å². The minimum Gasteiger partial charge on any atom is -0.292 e. The summed E-state index contributed by atoms with van der Waals surface area (Å²) in [6, 6.07) is 11.1. The van der Waals surface area contributed by atoms with Gasteiger partial charge in [0.25, 0.3) is 0 Å². The third-order valence-corrected chi connectivity index (χ3v) is 3.69. The summed E-state index contributed by atoms with van der Waals surface area (Å²) in [4.78, 5) is 12.4. The lowest BCUT2D eigenvalue weighted by atomic mass is 9.90. The molecule has 0 aliphatic carbocycles. The van der Waals surface area contributed by atoms with E-state index in [1.54, 1.807) is 12.1 Å². The Morgan fingerprint density at radius 1 is 1.19 bits per heavy atom. The third-order valence-electron chi connectivity index (χ3n) is 3.45. The van der Waals surface area contributed by atoms with Gasteiger partial charge in [-0.1, -0.05) is 29.8 Å². The molecule has 2 rings (SSSR count). The lowest BCUT2D eigenvalue weighted by Crippen LogP contribution is -2.13. The lowest BCUT2D eigenvalue weighted by molar-refractivity contribution is 0.0975. The fourth-order valence-electron chi connectivity index (χ4n) is 2.07. The molecule has 0 fully saturated rings. The highest BCUT2D eigenvalue weighted by atomic mass is 35.5. The van der Waals surface area contributed by atoms with E-state index in [1.807, 2.05) is 26.0 Å². The highest BCUT2D eigenvalue weighted by Crippen LogP contribution is 2.25. The molecule has 0 N–H and O–H groups in total. The average molecular weight is 302 g/mol. The first kappa shape index (κ1) is 15.2. The average Bonchev–Trinajstić information content (AvgIpc) is 2.43. The van der Waals surface area contributed by atoms with Crippen LogP contribution in [0.3, 0.4) is 0 Å². The normalized spacial score (nSPS) is 11.8. The summed E-state index contributed by atoms with van der Waals surface area (Å²) >= 11 is 5.67. The van der Waals surface area contributed by atoms with Crippen molar-refractivity contribution in [3.8, 4) is 6.07 Å². The first-order valence-corrected chi connectivity index (χ1v) is 6.78. The van der Waals surface area contributed by atoms with Crippen LogP contribution in [-0.2, 0) is 0 Å². The number of Topliss-reactive ketones (excluding diaryl/α,β-unsaturated/α-hetero) is 1. The summed E-state index contributed by atoms with van der Waals surface area (Å²) in [5.74, 6) is -2.30. The Kier molecular flexibility index (Phi) is 4.40. The highest BCUT2D eigenvalue weighted by Gasteiger charge is 2.24. The zero-order chi connectivity index (χ0) is 15.6. The second-order valence-electron chi connectivity index (χ2n) is 4.89. The van der Waals surface area contributed by atoms with E-state index in [0.29, 0.717) is 5.56 Å². The molecule has 0 saturated heterocycles. The van der Waals surface area contributed by atoms with E-state index in [2.05, 4.69) is 0 Å². The van der Waals surface area contributed by atoms with Crippen LogP contribution in [0.2, 0.25) is 5.02 Å². The maximum absolute atomic E-state index is 13.8. The van der Waals surface area contributed by atoms with E-state index in [9.17, 15) is 14.4 Å². The Labute approximate surface area is 127 Å². The van der Waals surface area contributed by atoms with E-state index in [-0.39, 0.29) is 10.6 Å². The van der Waals surface area contributed by atoms with Crippen molar-refractivity contribution in [2.45, 2.75) is 19.8 Å². The number of hydrogen-bond donors (Lipinski definition) is 0. The number of nitriles is 1. The fourth-order valence-corrected chi connectivity index (χ4v) is 2.23. The SMILES string of the molecule is Cc1ccc(C(C#N)C(=O)c2ccc(Cl)cc2F)cc1C. The standard InChI is InChI=1S/C17H13ClFNO/c1-10-3-4-12(7-11(10)2)15(9-20)17(21)14-6-5-13(18)8-16(14)19/h3-8,15H,1-2H3. The second-order valence-corrected chi connectivity index (χ2v) is 5.33. The van der Waals surface area contributed by atoms with E-state index in [0.717, 1.165) is 17.2 Å². The number of benzene rings is 2. The van der Waals surface area contributed by atoms with Crippen molar-refractivity contribution in [3.05, 3.63) is 69.5 Å². The van der Waals surface area contributed by atoms with Gasteiger partial charge < -0.3 is 0 Å². The molecule has 0 amide bonds. The van der Waals surface area contributed by atoms with Crippen LogP contribution in [0.25, 0.3) is 0 Å². The number of halogens is 2. The number of carbonyl (C=O) groups excluding carboxylic acids is 1. The van der Waals surface area contributed by atoms with E-state index >= 15 is 0 Å². The third kappa shape index (κ3) is 3.12. The second kappa shape index (κ2) is 6.07. The summed E-state index contributed by atoms with van der Waals surface area (Å²) in [5.41, 5.74) is 2.50. The van der Waals surface area contributed by atoms with Gasteiger partial charge in [-0.05, 0) is 48.7 Å². The van der Waals surface area contributed by atoms with Gasteiger partial charge in [0.05, 0.1) is 11.6 Å². The Hall–Kier alpha value is -2.18. The van der Waals surface area contributed by atoms with Crippen LogP contribution in [0, 0.1) is 31.0 Å². The largest absolute Gasteiger partial charge is 0.292 e. The van der Waals surface area contributed by atoms with Gasteiger partial charge >= 0.3 is 0 Å². The summed E-state index contributed by atoms with van der Waals surface area (Å²) < 4.78 is 13.8. The van der Waals surface area contributed by atoms with Gasteiger partial charge in [0, 0.05) is 5.02 Å². The zero-order valence-corrected chi connectivity index (χ0v) is 12.4. The molecule has 0 saturated carbocycles. The van der Waals surface area contributed by atoms with Crippen LogP contribution < -0.4 is 0 Å². The molecule has 21 heavy (non-hydrogen) atoms. The quantitative estimate of drug-likeness (QED) is 0.778. The van der Waals surface area contributed by atoms with Gasteiger partial charge in [-0.2, -0.15) is 5.26 Å². The van der Waals surface area contributed by atoms with E-state index < -0.39 is 17.5 Å². The number of carbonyl (C=O) groups is 1. The molecule has 0 heterocycles. The minimum atomic E-state index is -1.03. The lowest BCUT2D eigenvalue weighted by Gasteiger charge is -2.11. The van der Waals surface area contributed by atoms with Gasteiger partial charge in [-0.15, -0.1) is 0 Å². The molecule has 1 atom stereocenters. The maximum atomic E-state index is 13.8. The van der Waals surface area contributed by atoms with Crippen molar-refractivity contribution in [2.75, 3.05) is 0 Å². The number of ketones is 1. The number of aryl methyl sites for hydroxylation is 2. The number of nitrogens with zero attached hydrogens (tertiary/aromatic N) is 1. The maximum Gasteiger partial charge on any atom is 0.187 e. The molecule has 2 aromatic carbocycles. The van der Waals surface area contributed by atoms with E-state index in [4.69, 9.17) is 11.6 Å². The Morgan fingerprint density at radius 3 is 2.48 bits per heavy atom. The molecule has 2 aromatic rings. The highest BCUT2D eigenvalue weighted by molar-refractivity contribution is 6.30. The predicted molar refractivity (Wildman–Crippen MR) is 80.0 cm³/mol. The molecule has 0 aromatic heterocycles. The van der Waals surface area contributed by atoms with Crippen molar-refractivity contribution in [1.82, 2.24) is 0 Å². The number of hydrogen-bond acceptors (Lipinski definition) is 2. The monoisotopic (exact) mass is 301 g/mol. The van der Waals surface area contributed by atoms with Crippen LogP contribution in [0.5, 0.6) is 0 Å². The predicted octanol–water partition coefficient (Wildman–Crippen LogP) is 4.59. The Bertz CT molecular complexity index is 749. The molecule has 0 bridgehead atoms.